The molecule has 1 amide bonds. The number of carbonyl (C=O) groups excluding carboxylic acids is 1. The fourth-order valence-electron chi connectivity index (χ4n) is 2.78. The Morgan fingerprint density at radius 1 is 1.26 bits per heavy atom. The molecule has 1 aliphatic carbocycles. The summed E-state index contributed by atoms with van der Waals surface area (Å²) in [6.45, 7) is 1.91. The summed E-state index contributed by atoms with van der Waals surface area (Å²) in [5.41, 5.74) is 0.964. The lowest BCUT2D eigenvalue weighted by Crippen LogP contribution is -2.40. The molecule has 1 heterocycles. The smallest absolute Gasteiger partial charge is 0.233 e. The first kappa shape index (κ1) is 16.1. The Labute approximate surface area is 140 Å². The van der Waals surface area contributed by atoms with E-state index in [1.165, 1.54) is 31.0 Å². The van der Waals surface area contributed by atoms with E-state index in [2.05, 4.69) is 15.4 Å². The summed E-state index contributed by atoms with van der Waals surface area (Å²) >= 11 is 1.40. The standard InChI is InChI=1S/C17H22N4OS/c1-13(16(22)19-14-8-4-2-5-9-14)23-17-18-12-21(20-17)15-10-6-3-7-11-15/h3,6-7,10-14H,2,4-5,8-9H2,1H3,(H,19,22)/t13-/m1/s1. The van der Waals surface area contributed by atoms with Crippen LogP contribution >= 0.6 is 11.8 Å². The number of nitrogens with one attached hydrogen (secondary N) is 1. The van der Waals surface area contributed by atoms with Gasteiger partial charge in [-0.05, 0) is 31.9 Å². The molecule has 1 aromatic heterocycles. The normalized spacial score (nSPS) is 16.9. The van der Waals surface area contributed by atoms with Crippen LogP contribution in [0.5, 0.6) is 0 Å². The van der Waals surface area contributed by atoms with Crippen molar-refractivity contribution in [1.29, 1.82) is 0 Å². The first-order chi connectivity index (χ1) is 11.2. The highest BCUT2D eigenvalue weighted by Crippen LogP contribution is 2.22. The van der Waals surface area contributed by atoms with Gasteiger partial charge < -0.3 is 5.32 Å². The molecule has 1 aromatic carbocycles. The van der Waals surface area contributed by atoms with E-state index in [-0.39, 0.29) is 11.2 Å². The van der Waals surface area contributed by atoms with Crippen molar-refractivity contribution < 1.29 is 4.79 Å². The van der Waals surface area contributed by atoms with E-state index in [0.717, 1.165) is 18.5 Å². The van der Waals surface area contributed by atoms with E-state index in [0.29, 0.717) is 11.2 Å². The molecule has 1 saturated carbocycles. The molecule has 0 aliphatic heterocycles. The number of aromatic nitrogens is 3. The molecule has 23 heavy (non-hydrogen) atoms. The van der Waals surface area contributed by atoms with Crippen LogP contribution in [0.25, 0.3) is 5.69 Å². The third-order valence-corrected chi connectivity index (χ3v) is 5.06. The molecule has 1 fully saturated rings. The van der Waals surface area contributed by atoms with E-state index < -0.39 is 0 Å². The van der Waals surface area contributed by atoms with Gasteiger partial charge in [0.05, 0.1) is 10.9 Å². The van der Waals surface area contributed by atoms with Crippen molar-refractivity contribution in [2.45, 2.75) is 55.5 Å². The van der Waals surface area contributed by atoms with Crippen LogP contribution in [0.15, 0.2) is 41.8 Å². The van der Waals surface area contributed by atoms with Crippen LogP contribution < -0.4 is 5.32 Å². The highest BCUT2D eigenvalue weighted by atomic mass is 32.2. The van der Waals surface area contributed by atoms with Crippen molar-refractivity contribution in [1.82, 2.24) is 20.1 Å². The lowest BCUT2D eigenvalue weighted by molar-refractivity contribution is -0.121. The highest BCUT2D eigenvalue weighted by Gasteiger charge is 2.21. The van der Waals surface area contributed by atoms with Gasteiger partial charge in [0.2, 0.25) is 11.1 Å². The molecule has 5 nitrogen and oxygen atoms in total. The van der Waals surface area contributed by atoms with Crippen molar-refractivity contribution >= 4 is 17.7 Å². The summed E-state index contributed by atoms with van der Waals surface area (Å²) in [6.07, 6.45) is 7.61. The lowest BCUT2D eigenvalue weighted by atomic mass is 9.95. The van der Waals surface area contributed by atoms with Gasteiger partial charge in [0.15, 0.2) is 0 Å². The van der Waals surface area contributed by atoms with E-state index in [4.69, 9.17) is 0 Å². The van der Waals surface area contributed by atoms with Gasteiger partial charge in [0.1, 0.15) is 6.33 Å². The second kappa shape index (κ2) is 7.64. The van der Waals surface area contributed by atoms with Crippen molar-refractivity contribution in [3.05, 3.63) is 36.7 Å². The predicted molar refractivity (Wildman–Crippen MR) is 91.7 cm³/mol. The maximum absolute atomic E-state index is 12.3. The Bertz CT molecular complexity index is 637. The van der Waals surface area contributed by atoms with Gasteiger partial charge >= 0.3 is 0 Å². The first-order valence-electron chi connectivity index (χ1n) is 8.16. The second-order valence-electron chi connectivity index (χ2n) is 5.91. The number of para-hydroxylation sites is 1. The fraction of sp³-hybridized carbons (Fsp3) is 0.471. The van der Waals surface area contributed by atoms with Crippen LogP contribution in [0.3, 0.4) is 0 Å². The zero-order valence-corrected chi connectivity index (χ0v) is 14.1. The molecule has 1 atom stereocenters. The summed E-state index contributed by atoms with van der Waals surface area (Å²) in [5.74, 6) is 0.0814. The number of thioether (sulfide) groups is 1. The molecular formula is C17H22N4OS. The molecule has 2 aromatic rings. The average molecular weight is 330 g/mol. The molecular weight excluding hydrogens is 308 g/mol. The molecule has 3 rings (SSSR count). The minimum Gasteiger partial charge on any atom is -0.352 e. The van der Waals surface area contributed by atoms with Gasteiger partial charge in [0.25, 0.3) is 0 Å². The van der Waals surface area contributed by atoms with Crippen LogP contribution in [0.2, 0.25) is 0 Å². The quantitative estimate of drug-likeness (QED) is 0.855. The van der Waals surface area contributed by atoms with Gasteiger partial charge in [-0.15, -0.1) is 5.10 Å². The lowest BCUT2D eigenvalue weighted by Gasteiger charge is -2.24. The molecule has 1 aliphatic rings. The number of amides is 1. The van der Waals surface area contributed by atoms with Gasteiger partial charge in [0, 0.05) is 6.04 Å². The molecule has 0 bridgehead atoms. The van der Waals surface area contributed by atoms with Crippen LogP contribution in [0.1, 0.15) is 39.0 Å². The minimum absolute atomic E-state index is 0.0814. The number of carbonyl (C=O) groups is 1. The molecule has 6 heteroatoms. The summed E-state index contributed by atoms with van der Waals surface area (Å²) < 4.78 is 1.73. The Hall–Kier alpha value is -1.82. The van der Waals surface area contributed by atoms with Crippen molar-refractivity contribution in [2.75, 3.05) is 0 Å². The molecule has 122 valence electrons. The van der Waals surface area contributed by atoms with E-state index in [1.54, 1.807) is 11.0 Å². The number of hydrogen-bond donors (Lipinski definition) is 1. The fourth-order valence-corrected chi connectivity index (χ4v) is 3.52. The van der Waals surface area contributed by atoms with Crippen LogP contribution in [-0.4, -0.2) is 32.0 Å². The maximum Gasteiger partial charge on any atom is 0.233 e. The zero-order valence-electron chi connectivity index (χ0n) is 13.3. The molecule has 0 unspecified atom stereocenters. The van der Waals surface area contributed by atoms with Gasteiger partial charge in [-0.2, -0.15) is 0 Å². The topological polar surface area (TPSA) is 59.8 Å². The number of nitrogens with zero attached hydrogens (tertiary/aromatic N) is 3. The molecule has 0 saturated heterocycles. The Morgan fingerprint density at radius 3 is 2.74 bits per heavy atom. The minimum atomic E-state index is -0.191. The Kier molecular flexibility index (Phi) is 5.33. The molecule has 0 spiro atoms. The predicted octanol–water partition coefficient (Wildman–Crippen LogP) is 3.20. The van der Waals surface area contributed by atoms with Gasteiger partial charge in [-0.1, -0.05) is 49.2 Å². The largest absolute Gasteiger partial charge is 0.352 e. The van der Waals surface area contributed by atoms with E-state index in [9.17, 15) is 4.79 Å². The number of hydrogen-bond acceptors (Lipinski definition) is 4. The van der Waals surface area contributed by atoms with Crippen molar-refractivity contribution in [2.24, 2.45) is 0 Å². The third kappa shape index (κ3) is 4.34. The van der Waals surface area contributed by atoms with E-state index in [1.807, 2.05) is 37.3 Å². The summed E-state index contributed by atoms with van der Waals surface area (Å²) in [5, 5.41) is 8.03. The van der Waals surface area contributed by atoms with Crippen molar-refractivity contribution in [3.8, 4) is 5.69 Å². The third-order valence-electron chi connectivity index (χ3n) is 4.09. The average Bonchev–Trinajstić information content (AvgIpc) is 3.05. The van der Waals surface area contributed by atoms with Crippen LogP contribution in [-0.2, 0) is 4.79 Å². The van der Waals surface area contributed by atoms with Gasteiger partial charge in [-0.3, -0.25) is 4.79 Å². The highest BCUT2D eigenvalue weighted by molar-refractivity contribution is 8.00. The first-order valence-corrected chi connectivity index (χ1v) is 9.04. The van der Waals surface area contributed by atoms with Gasteiger partial charge in [-0.25, -0.2) is 9.67 Å². The number of rotatable bonds is 5. The van der Waals surface area contributed by atoms with E-state index >= 15 is 0 Å². The Morgan fingerprint density at radius 2 is 2.00 bits per heavy atom. The summed E-state index contributed by atoms with van der Waals surface area (Å²) in [4.78, 5) is 16.6. The van der Waals surface area contributed by atoms with Crippen molar-refractivity contribution in [3.63, 3.8) is 0 Å². The Balaban J connectivity index is 1.56. The zero-order chi connectivity index (χ0) is 16.1. The van der Waals surface area contributed by atoms with Crippen LogP contribution in [0, 0.1) is 0 Å². The maximum atomic E-state index is 12.3. The van der Waals surface area contributed by atoms with Crippen LogP contribution in [0.4, 0.5) is 0 Å². The second-order valence-corrected chi connectivity index (χ2v) is 7.22. The molecule has 0 radical (unpaired) electrons. The monoisotopic (exact) mass is 330 g/mol. The number of benzene rings is 1. The molecule has 1 N–H and O–H groups in total. The SMILES string of the molecule is C[C@@H](Sc1ncn(-c2ccccc2)n1)C(=O)NC1CCCCC1. The summed E-state index contributed by atoms with van der Waals surface area (Å²) in [7, 11) is 0. The summed E-state index contributed by atoms with van der Waals surface area (Å²) in [6, 6.07) is 10.2.